The number of amides is 1. The first-order valence-electron chi connectivity index (χ1n) is 5.34. The van der Waals surface area contributed by atoms with Crippen molar-refractivity contribution in [2.24, 2.45) is 0 Å². The molecular weight excluding hydrogens is 306 g/mol. The van der Waals surface area contributed by atoms with E-state index in [1.807, 2.05) is 0 Å². The van der Waals surface area contributed by atoms with Gasteiger partial charge in [-0.05, 0) is 22.0 Å². The molecule has 1 N–H and O–H groups in total. The molecule has 0 aromatic carbocycles. The SMILES string of the molecule is COC1CC(C(=O)O)N(C(=O)c2ccoc2Br)C1. The summed E-state index contributed by atoms with van der Waals surface area (Å²) in [5.41, 5.74) is 0.318. The number of furan rings is 1. The molecule has 1 saturated heterocycles. The molecular formula is C11H12BrNO5. The Kier molecular flexibility index (Phi) is 3.72. The lowest BCUT2D eigenvalue weighted by Crippen LogP contribution is -2.40. The molecule has 1 amide bonds. The quantitative estimate of drug-likeness (QED) is 0.910. The first-order valence-corrected chi connectivity index (χ1v) is 6.13. The summed E-state index contributed by atoms with van der Waals surface area (Å²) in [6.07, 6.45) is 1.42. The lowest BCUT2D eigenvalue weighted by molar-refractivity contribution is -0.141. The van der Waals surface area contributed by atoms with E-state index < -0.39 is 12.0 Å². The minimum absolute atomic E-state index is 0.249. The van der Waals surface area contributed by atoms with E-state index in [4.69, 9.17) is 14.3 Å². The lowest BCUT2D eigenvalue weighted by atomic mass is 10.2. The van der Waals surface area contributed by atoms with Crippen LogP contribution in [-0.2, 0) is 9.53 Å². The predicted molar refractivity (Wildman–Crippen MR) is 64.3 cm³/mol. The molecule has 18 heavy (non-hydrogen) atoms. The van der Waals surface area contributed by atoms with E-state index in [1.165, 1.54) is 24.3 Å². The fourth-order valence-electron chi connectivity index (χ4n) is 2.03. The maximum Gasteiger partial charge on any atom is 0.326 e. The van der Waals surface area contributed by atoms with Crippen LogP contribution in [0.1, 0.15) is 16.8 Å². The molecule has 1 aliphatic rings. The van der Waals surface area contributed by atoms with Gasteiger partial charge in [0.25, 0.3) is 5.91 Å². The standard InChI is InChI=1S/C11H12BrNO5/c1-17-6-4-8(11(15)16)13(5-6)10(14)7-2-3-18-9(7)12/h2-3,6,8H,4-5H2,1H3,(H,15,16). The van der Waals surface area contributed by atoms with Crippen LogP contribution in [0.4, 0.5) is 0 Å². The van der Waals surface area contributed by atoms with Gasteiger partial charge in [0, 0.05) is 20.1 Å². The van der Waals surface area contributed by atoms with E-state index in [0.29, 0.717) is 16.7 Å². The number of carbonyl (C=O) groups excluding carboxylic acids is 1. The number of rotatable bonds is 3. The summed E-state index contributed by atoms with van der Waals surface area (Å²) in [5.74, 6) is -1.40. The monoisotopic (exact) mass is 317 g/mol. The molecule has 2 heterocycles. The smallest absolute Gasteiger partial charge is 0.326 e. The molecule has 2 atom stereocenters. The van der Waals surface area contributed by atoms with Crippen molar-refractivity contribution in [3.8, 4) is 0 Å². The van der Waals surface area contributed by atoms with Crippen LogP contribution in [0.2, 0.25) is 0 Å². The molecule has 2 unspecified atom stereocenters. The van der Waals surface area contributed by atoms with E-state index in [0.717, 1.165) is 0 Å². The minimum atomic E-state index is -1.03. The molecule has 0 bridgehead atoms. The highest BCUT2D eigenvalue weighted by Gasteiger charge is 2.40. The van der Waals surface area contributed by atoms with Crippen LogP contribution in [-0.4, -0.2) is 47.7 Å². The third-order valence-corrected chi connectivity index (χ3v) is 3.60. The summed E-state index contributed by atoms with van der Waals surface area (Å²) < 4.78 is 10.4. The number of nitrogens with zero attached hydrogens (tertiary/aromatic N) is 1. The summed E-state index contributed by atoms with van der Waals surface area (Å²) in [6.45, 7) is 0.268. The largest absolute Gasteiger partial charge is 0.480 e. The van der Waals surface area contributed by atoms with Gasteiger partial charge in [0.1, 0.15) is 6.04 Å². The molecule has 1 aromatic heterocycles. The Bertz CT molecular complexity index is 472. The van der Waals surface area contributed by atoms with Crippen LogP contribution in [0.5, 0.6) is 0 Å². The molecule has 0 spiro atoms. The molecule has 2 rings (SSSR count). The summed E-state index contributed by atoms with van der Waals surface area (Å²) >= 11 is 3.11. The van der Waals surface area contributed by atoms with Crippen molar-refractivity contribution in [2.75, 3.05) is 13.7 Å². The van der Waals surface area contributed by atoms with Crippen molar-refractivity contribution in [3.05, 3.63) is 22.6 Å². The maximum atomic E-state index is 12.2. The molecule has 6 nitrogen and oxygen atoms in total. The molecule has 0 aliphatic carbocycles. The van der Waals surface area contributed by atoms with Gasteiger partial charge in [-0.25, -0.2) is 4.79 Å². The zero-order chi connectivity index (χ0) is 13.3. The summed E-state index contributed by atoms with van der Waals surface area (Å²) in [7, 11) is 1.51. The summed E-state index contributed by atoms with van der Waals surface area (Å²) in [6, 6.07) is 0.648. The zero-order valence-corrected chi connectivity index (χ0v) is 11.2. The number of carbonyl (C=O) groups is 2. The Hall–Kier alpha value is -1.34. The Morgan fingerprint density at radius 3 is 2.83 bits per heavy atom. The zero-order valence-electron chi connectivity index (χ0n) is 9.63. The van der Waals surface area contributed by atoms with Crippen molar-refractivity contribution in [2.45, 2.75) is 18.6 Å². The topological polar surface area (TPSA) is 80.0 Å². The molecule has 1 aliphatic heterocycles. The van der Waals surface area contributed by atoms with Gasteiger partial charge < -0.3 is 19.2 Å². The van der Waals surface area contributed by atoms with Gasteiger partial charge >= 0.3 is 5.97 Å². The van der Waals surface area contributed by atoms with Gasteiger partial charge in [-0.2, -0.15) is 0 Å². The van der Waals surface area contributed by atoms with Crippen LogP contribution in [0.15, 0.2) is 21.4 Å². The molecule has 0 saturated carbocycles. The van der Waals surface area contributed by atoms with E-state index in [9.17, 15) is 9.59 Å². The second kappa shape index (κ2) is 5.11. The highest BCUT2D eigenvalue weighted by molar-refractivity contribution is 9.10. The Labute approximate surface area is 112 Å². The van der Waals surface area contributed by atoms with Gasteiger partial charge in [-0.15, -0.1) is 0 Å². The molecule has 0 radical (unpaired) electrons. The summed E-state index contributed by atoms with van der Waals surface area (Å²) in [4.78, 5) is 24.7. The number of methoxy groups -OCH3 is 1. The van der Waals surface area contributed by atoms with Crippen LogP contribution in [0.3, 0.4) is 0 Å². The normalized spacial score (nSPS) is 23.3. The van der Waals surface area contributed by atoms with Crippen molar-refractivity contribution in [3.63, 3.8) is 0 Å². The number of ether oxygens (including phenoxy) is 1. The minimum Gasteiger partial charge on any atom is -0.480 e. The van der Waals surface area contributed by atoms with Gasteiger partial charge in [-0.1, -0.05) is 0 Å². The number of likely N-dealkylation sites (tertiary alicyclic amines) is 1. The van der Waals surface area contributed by atoms with Crippen LogP contribution in [0.25, 0.3) is 0 Å². The highest BCUT2D eigenvalue weighted by Crippen LogP contribution is 2.26. The van der Waals surface area contributed by atoms with E-state index in [-0.39, 0.29) is 18.6 Å². The van der Waals surface area contributed by atoms with Gasteiger partial charge in [0.2, 0.25) is 0 Å². The number of hydrogen-bond donors (Lipinski definition) is 1. The van der Waals surface area contributed by atoms with Gasteiger partial charge in [0.05, 0.1) is 17.9 Å². The third kappa shape index (κ3) is 2.28. The van der Waals surface area contributed by atoms with Crippen molar-refractivity contribution < 1.29 is 23.8 Å². The average molecular weight is 318 g/mol. The van der Waals surface area contributed by atoms with Crippen LogP contribution < -0.4 is 0 Å². The second-order valence-corrected chi connectivity index (χ2v) is 4.73. The van der Waals surface area contributed by atoms with Crippen LogP contribution >= 0.6 is 15.9 Å². The van der Waals surface area contributed by atoms with Crippen molar-refractivity contribution in [1.29, 1.82) is 0 Å². The van der Waals surface area contributed by atoms with Crippen molar-refractivity contribution in [1.82, 2.24) is 4.90 Å². The molecule has 1 aromatic rings. The first kappa shape index (κ1) is 13.1. The number of hydrogen-bond acceptors (Lipinski definition) is 4. The highest BCUT2D eigenvalue weighted by atomic mass is 79.9. The lowest BCUT2D eigenvalue weighted by Gasteiger charge is -2.20. The van der Waals surface area contributed by atoms with Gasteiger partial charge in [0.15, 0.2) is 4.67 Å². The molecule has 1 fully saturated rings. The Balaban J connectivity index is 2.23. The first-order chi connectivity index (χ1) is 8.54. The summed E-state index contributed by atoms with van der Waals surface area (Å²) in [5, 5.41) is 9.13. The maximum absolute atomic E-state index is 12.2. The van der Waals surface area contributed by atoms with Crippen molar-refractivity contribution >= 4 is 27.8 Å². The van der Waals surface area contributed by atoms with Crippen LogP contribution in [0, 0.1) is 0 Å². The van der Waals surface area contributed by atoms with E-state index in [2.05, 4.69) is 15.9 Å². The third-order valence-electron chi connectivity index (χ3n) is 2.99. The predicted octanol–water partition coefficient (Wildman–Crippen LogP) is 1.36. The number of carboxylic acids is 1. The Morgan fingerprint density at radius 2 is 2.33 bits per heavy atom. The van der Waals surface area contributed by atoms with E-state index in [1.54, 1.807) is 0 Å². The number of aliphatic carboxylic acids is 1. The average Bonchev–Trinajstić information content (AvgIpc) is 2.93. The second-order valence-electron chi connectivity index (χ2n) is 4.01. The fourth-order valence-corrected chi connectivity index (χ4v) is 2.44. The fraction of sp³-hybridized carbons (Fsp3) is 0.455. The Morgan fingerprint density at radius 1 is 1.61 bits per heavy atom. The van der Waals surface area contributed by atoms with E-state index >= 15 is 0 Å². The molecule has 7 heteroatoms. The number of halogens is 1. The molecule has 98 valence electrons. The number of carboxylic acid groups (broad SMARTS) is 1. The van der Waals surface area contributed by atoms with Gasteiger partial charge in [-0.3, -0.25) is 4.79 Å².